The van der Waals surface area contributed by atoms with Gasteiger partial charge in [0.2, 0.25) is 17.7 Å². The smallest absolute Gasteiger partial charge is 0.358 e. The zero-order valence-electron chi connectivity index (χ0n) is 43.7. The molecule has 2 atom stereocenters. The van der Waals surface area contributed by atoms with Gasteiger partial charge in [0.05, 0.1) is 40.5 Å². The van der Waals surface area contributed by atoms with Crippen LogP contribution in [-0.2, 0) is 39.1 Å². The van der Waals surface area contributed by atoms with Crippen LogP contribution in [0.25, 0.3) is 32.2 Å². The number of benzene rings is 4. The van der Waals surface area contributed by atoms with Crippen molar-refractivity contribution in [3.05, 3.63) is 125 Å². The first kappa shape index (κ1) is 50.6. The number of para-hydroxylation sites is 1. The number of aromatic nitrogens is 4. The molecule has 392 valence electrons. The molecule has 76 heavy (non-hydrogen) atoms. The molecule has 3 N–H and O–H groups in total. The molecule has 4 amide bonds. The number of ether oxygens (including phenoxy) is 2. The first-order chi connectivity index (χ1) is 36.5. The molecule has 4 aliphatic rings. The van der Waals surface area contributed by atoms with Gasteiger partial charge in [0.1, 0.15) is 17.2 Å². The summed E-state index contributed by atoms with van der Waals surface area (Å²) in [6, 6.07) is 29.1. The van der Waals surface area contributed by atoms with Crippen molar-refractivity contribution in [3.63, 3.8) is 0 Å². The Bertz CT molecular complexity index is 3410. The van der Waals surface area contributed by atoms with Gasteiger partial charge in [-0.15, -0.1) is 0 Å². The van der Waals surface area contributed by atoms with Crippen molar-refractivity contribution in [1.82, 2.24) is 30.0 Å². The number of likely N-dealkylation sites (tertiary alicyclic amines) is 1. The number of fused-ring (bicyclic) bond motifs is 3. The zero-order valence-corrected chi connectivity index (χ0v) is 44.5. The Hall–Kier alpha value is -7.50. The lowest BCUT2D eigenvalue weighted by Gasteiger charge is -2.39. The maximum Gasteiger partial charge on any atom is 0.358 e. The van der Waals surface area contributed by atoms with Gasteiger partial charge < -0.3 is 19.7 Å². The molecule has 1 spiro atoms. The van der Waals surface area contributed by atoms with E-state index < -0.39 is 17.5 Å². The topological polar surface area (TPSA) is 190 Å². The molecule has 3 fully saturated rings. The highest BCUT2D eigenvalue weighted by molar-refractivity contribution is 7.22. The second-order valence-electron chi connectivity index (χ2n) is 22.0. The fourth-order valence-electron chi connectivity index (χ4n) is 11.8. The van der Waals surface area contributed by atoms with Crippen molar-refractivity contribution in [2.75, 3.05) is 48.3 Å². The van der Waals surface area contributed by atoms with E-state index in [1.54, 1.807) is 4.68 Å². The average Bonchev–Trinajstić information content (AvgIpc) is 4.11. The van der Waals surface area contributed by atoms with Gasteiger partial charge in [-0.1, -0.05) is 47.7 Å². The molecule has 16 nitrogen and oxygen atoms in total. The third-order valence-corrected chi connectivity index (χ3v) is 16.7. The van der Waals surface area contributed by atoms with Gasteiger partial charge in [-0.3, -0.25) is 39.4 Å². The van der Waals surface area contributed by atoms with Crippen LogP contribution in [0.4, 0.5) is 16.6 Å². The van der Waals surface area contributed by atoms with E-state index >= 15 is 0 Å². The highest BCUT2D eigenvalue weighted by Crippen LogP contribution is 2.49. The zero-order chi connectivity index (χ0) is 52.9. The van der Waals surface area contributed by atoms with Gasteiger partial charge in [0.15, 0.2) is 10.8 Å². The minimum atomic E-state index is -0.752. The fraction of sp³-hybridized carbons (Fsp3) is 0.390. The molecule has 1 unspecified atom stereocenters. The van der Waals surface area contributed by atoms with E-state index in [1.807, 2.05) is 120 Å². The molecule has 0 radical (unpaired) electrons. The lowest BCUT2D eigenvalue weighted by atomic mass is 9.76. The summed E-state index contributed by atoms with van der Waals surface area (Å²) in [6.45, 7) is 11.2. The standard InChI is InChI=1S/C59H63N9O7S/c1-35-39(40-18-20-49(62-53(40)56(73)75-58(2,3)4)68-27-23-37-10-8-12-41(44(37)32-68)54(71)64-57-61-45-13-6-7-15-48(45)76-57)11-9-14-47(35)74-34-36-22-24-59(31-36)25-28-67(29-26-59)33-51(70)60-38-16-17-42-46(30-38)66(5)65-52(42)43-19-21-50(69)63-55(43)72/h6-18,20,30,36,43H,19,21-29,31-34H2,1-5H3,(H,60,70)(H,61,64,71)(H,63,69,72)/t36-,43?/m0/s1. The number of nitrogens with zero attached hydrogens (tertiary/aromatic N) is 6. The first-order valence-electron chi connectivity index (χ1n) is 26.4. The van der Waals surface area contributed by atoms with Crippen LogP contribution in [0.2, 0.25) is 0 Å². The SMILES string of the molecule is Cc1c(OC[C@H]2CCC3(CCN(CC(=O)Nc4ccc5c(C6CCC(=O)NC6=O)nn(C)c5c4)CC3)C2)cccc1-c1ccc(N2CCc3cccc(C(=O)Nc4nc5ccccc5s4)c3C2)nc1C(=O)OC(C)(C)C. The van der Waals surface area contributed by atoms with Gasteiger partial charge in [-0.2, -0.15) is 5.10 Å². The average molecular weight is 1040 g/mol. The number of piperidine rings is 2. The minimum Gasteiger partial charge on any atom is -0.493 e. The Morgan fingerprint density at radius 1 is 0.868 bits per heavy atom. The predicted molar refractivity (Wildman–Crippen MR) is 294 cm³/mol. The van der Waals surface area contributed by atoms with Crippen molar-refractivity contribution in [2.45, 2.75) is 97.1 Å². The normalized spacial score (nSPS) is 18.7. The number of hydrogen-bond donors (Lipinski definition) is 3. The molecular formula is C59H63N9O7S. The monoisotopic (exact) mass is 1040 g/mol. The van der Waals surface area contributed by atoms with E-state index in [4.69, 9.17) is 14.5 Å². The van der Waals surface area contributed by atoms with Gasteiger partial charge >= 0.3 is 5.97 Å². The second-order valence-corrected chi connectivity index (χ2v) is 23.1. The maximum atomic E-state index is 14.1. The number of carbonyl (C=O) groups excluding carboxylic acids is 5. The van der Waals surface area contributed by atoms with Crippen LogP contribution in [-0.4, -0.2) is 92.6 Å². The number of thiazole rings is 1. The summed E-state index contributed by atoms with van der Waals surface area (Å²) < 4.78 is 15.4. The number of esters is 1. The van der Waals surface area contributed by atoms with Crippen LogP contribution in [0, 0.1) is 18.3 Å². The molecule has 7 aromatic rings. The number of aryl methyl sites for hydroxylation is 1. The lowest BCUT2D eigenvalue weighted by Crippen LogP contribution is -2.42. The van der Waals surface area contributed by atoms with E-state index in [0.29, 0.717) is 78.5 Å². The number of hydrogen-bond acceptors (Lipinski definition) is 13. The molecule has 1 saturated carbocycles. The summed E-state index contributed by atoms with van der Waals surface area (Å²) in [5, 5.41) is 14.5. The Labute approximate surface area is 445 Å². The number of carbonyl (C=O) groups is 5. The Morgan fingerprint density at radius 3 is 2.49 bits per heavy atom. The quantitative estimate of drug-likeness (QED) is 0.0777. The highest BCUT2D eigenvalue weighted by atomic mass is 32.1. The van der Waals surface area contributed by atoms with Crippen LogP contribution in [0.1, 0.15) is 115 Å². The van der Waals surface area contributed by atoms with Crippen molar-refractivity contribution >= 4 is 78.7 Å². The third-order valence-electron chi connectivity index (χ3n) is 15.7. The van der Waals surface area contributed by atoms with E-state index in [0.717, 1.165) is 94.3 Å². The van der Waals surface area contributed by atoms with Gasteiger partial charge in [-0.25, -0.2) is 14.8 Å². The molecule has 0 bridgehead atoms. The Balaban J connectivity index is 0.718. The Morgan fingerprint density at radius 2 is 1.68 bits per heavy atom. The van der Waals surface area contributed by atoms with Crippen molar-refractivity contribution in [3.8, 4) is 16.9 Å². The van der Waals surface area contributed by atoms with Crippen LogP contribution in [0.3, 0.4) is 0 Å². The summed E-state index contributed by atoms with van der Waals surface area (Å²) in [5.74, 6) is -0.111. The van der Waals surface area contributed by atoms with Crippen LogP contribution in [0.15, 0.2) is 91.0 Å². The molecule has 4 aromatic carbocycles. The molecule has 2 saturated heterocycles. The minimum absolute atomic E-state index is 0.0741. The molecule has 17 heteroatoms. The molecule has 6 heterocycles. The number of anilines is 3. The fourth-order valence-corrected chi connectivity index (χ4v) is 12.6. The predicted octanol–water partition coefficient (Wildman–Crippen LogP) is 9.74. The molecular weight excluding hydrogens is 979 g/mol. The number of amides is 4. The van der Waals surface area contributed by atoms with Crippen molar-refractivity contribution in [2.24, 2.45) is 18.4 Å². The van der Waals surface area contributed by atoms with Crippen LogP contribution >= 0.6 is 11.3 Å². The van der Waals surface area contributed by atoms with E-state index in [2.05, 4.69) is 41.9 Å². The van der Waals surface area contributed by atoms with Gasteiger partial charge in [-0.05, 0) is 174 Å². The van der Waals surface area contributed by atoms with Gasteiger partial charge in [0, 0.05) is 48.8 Å². The Kier molecular flexibility index (Phi) is 13.7. The second kappa shape index (κ2) is 20.6. The molecule has 3 aliphatic heterocycles. The number of rotatable bonds is 12. The van der Waals surface area contributed by atoms with Gasteiger partial charge in [0.25, 0.3) is 5.91 Å². The summed E-state index contributed by atoms with van der Waals surface area (Å²) in [5.41, 5.74) is 7.65. The van der Waals surface area contributed by atoms with E-state index in [9.17, 15) is 24.0 Å². The van der Waals surface area contributed by atoms with Crippen LogP contribution < -0.4 is 25.6 Å². The maximum absolute atomic E-state index is 14.1. The van der Waals surface area contributed by atoms with Crippen LogP contribution in [0.5, 0.6) is 5.75 Å². The summed E-state index contributed by atoms with van der Waals surface area (Å²) >= 11 is 1.44. The van der Waals surface area contributed by atoms with E-state index in [1.165, 1.54) is 11.3 Å². The first-order valence-corrected chi connectivity index (χ1v) is 27.2. The lowest BCUT2D eigenvalue weighted by molar-refractivity contribution is -0.134. The largest absolute Gasteiger partial charge is 0.493 e. The summed E-state index contributed by atoms with van der Waals surface area (Å²) in [7, 11) is 1.82. The number of pyridine rings is 1. The summed E-state index contributed by atoms with van der Waals surface area (Å²) in [6.07, 6.45) is 6.73. The number of imide groups is 1. The molecule has 11 rings (SSSR count). The third kappa shape index (κ3) is 10.5. The van der Waals surface area contributed by atoms with Crippen molar-refractivity contribution < 1.29 is 33.4 Å². The molecule has 3 aromatic heterocycles. The number of nitrogens with one attached hydrogen (secondary N) is 3. The van der Waals surface area contributed by atoms with E-state index in [-0.39, 0.29) is 41.2 Å². The molecule has 1 aliphatic carbocycles. The summed E-state index contributed by atoms with van der Waals surface area (Å²) in [4.78, 5) is 79.7. The van der Waals surface area contributed by atoms with Crippen molar-refractivity contribution in [1.29, 1.82) is 0 Å². The highest BCUT2D eigenvalue weighted by Gasteiger charge is 2.42.